The van der Waals surface area contributed by atoms with Crippen molar-refractivity contribution in [3.8, 4) is 11.1 Å². The molecule has 1 amide bonds. The van der Waals surface area contributed by atoms with Gasteiger partial charge in [0.15, 0.2) is 12.4 Å². The second kappa shape index (κ2) is 16.4. The molecule has 0 aliphatic carbocycles. The van der Waals surface area contributed by atoms with Crippen LogP contribution < -0.4 is 5.32 Å². The van der Waals surface area contributed by atoms with Gasteiger partial charge in [-0.1, -0.05) is 78.9 Å². The topological polar surface area (TPSA) is 110 Å². The number of carbonyl (C=O) groups excluding carboxylic acids is 2. The first-order valence-electron chi connectivity index (χ1n) is 16.0. The van der Waals surface area contributed by atoms with Gasteiger partial charge in [0.25, 0.3) is 5.91 Å². The molecule has 0 bridgehead atoms. The van der Waals surface area contributed by atoms with E-state index in [9.17, 15) is 14.7 Å². The Hall–Kier alpha value is -4.41. The summed E-state index contributed by atoms with van der Waals surface area (Å²) in [6.45, 7) is 4.72. The number of amides is 1. The van der Waals surface area contributed by atoms with Gasteiger partial charge >= 0.3 is 5.97 Å². The maximum absolute atomic E-state index is 12.4. The number of benzene rings is 3. The standard InChI is InChI=1S/C38H43N3O6/c1-26(45-27(2)43)37(44)40-23-32-8-4-5-10-35(32)29-15-17-31(18-16-29)38-46-34(24-41(3)21-19-33-9-6-7-20-39-33)22-36(47-38)30-13-11-28(25-42)12-14-30/h4-18,20,26,34,36,38,42H,19,21-25H2,1-3H3,(H,40,44). The van der Waals surface area contributed by atoms with E-state index in [1.807, 2.05) is 97.2 Å². The lowest BCUT2D eigenvalue weighted by molar-refractivity contribution is -0.252. The average molecular weight is 638 g/mol. The van der Waals surface area contributed by atoms with Crippen molar-refractivity contribution in [3.63, 3.8) is 0 Å². The number of nitrogens with zero attached hydrogens (tertiary/aromatic N) is 2. The van der Waals surface area contributed by atoms with E-state index in [1.165, 1.54) is 6.92 Å². The SMILES string of the molecule is CC(=O)OC(C)C(=O)NCc1ccccc1-c1ccc(C2OC(CN(C)CCc3ccccn3)CC(c3ccc(CO)cc3)O2)cc1. The number of aliphatic hydroxyl groups is 1. The molecule has 1 aliphatic heterocycles. The highest BCUT2D eigenvalue weighted by molar-refractivity contribution is 5.83. The first-order chi connectivity index (χ1) is 22.8. The minimum atomic E-state index is -0.865. The third kappa shape index (κ3) is 9.56. The van der Waals surface area contributed by atoms with Crippen molar-refractivity contribution in [1.29, 1.82) is 0 Å². The highest BCUT2D eigenvalue weighted by atomic mass is 16.7. The Morgan fingerprint density at radius 2 is 1.70 bits per heavy atom. The van der Waals surface area contributed by atoms with E-state index in [4.69, 9.17) is 14.2 Å². The summed E-state index contributed by atoms with van der Waals surface area (Å²) < 4.78 is 18.1. The summed E-state index contributed by atoms with van der Waals surface area (Å²) in [5, 5.41) is 12.4. The number of aromatic nitrogens is 1. The van der Waals surface area contributed by atoms with Gasteiger partial charge in [0.1, 0.15) is 0 Å². The first kappa shape index (κ1) is 33.9. The third-order valence-corrected chi connectivity index (χ3v) is 8.28. The van der Waals surface area contributed by atoms with E-state index in [-0.39, 0.29) is 24.7 Å². The molecule has 1 fully saturated rings. The Balaban J connectivity index is 1.30. The van der Waals surface area contributed by atoms with Crippen molar-refractivity contribution in [2.24, 2.45) is 0 Å². The monoisotopic (exact) mass is 637 g/mol. The Morgan fingerprint density at radius 1 is 0.979 bits per heavy atom. The van der Waals surface area contributed by atoms with Crippen molar-refractivity contribution in [3.05, 3.63) is 125 Å². The molecule has 0 saturated carbocycles. The molecule has 9 nitrogen and oxygen atoms in total. The number of rotatable bonds is 13. The Bertz CT molecular complexity index is 1600. The third-order valence-electron chi connectivity index (χ3n) is 8.28. The van der Waals surface area contributed by atoms with Crippen molar-refractivity contribution < 1.29 is 28.9 Å². The van der Waals surface area contributed by atoms with Crippen LogP contribution in [-0.4, -0.2) is 59.2 Å². The number of nitrogens with one attached hydrogen (secondary N) is 1. The number of likely N-dealkylation sites (N-methyl/N-ethyl adjacent to an activating group) is 1. The van der Waals surface area contributed by atoms with Crippen LogP contribution in [0, 0.1) is 0 Å². The second-order valence-corrected chi connectivity index (χ2v) is 11.9. The van der Waals surface area contributed by atoms with Crippen LogP contribution in [0.1, 0.15) is 60.6 Å². The van der Waals surface area contributed by atoms with Crippen molar-refractivity contribution in [1.82, 2.24) is 15.2 Å². The summed E-state index contributed by atoms with van der Waals surface area (Å²) in [6.07, 6.45) is 1.72. The highest BCUT2D eigenvalue weighted by Crippen LogP contribution is 2.38. The fourth-order valence-electron chi connectivity index (χ4n) is 5.73. The summed E-state index contributed by atoms with van der Waals surface area (Å²) in [4.78, 5) is 30.4. The molecule has 1 aromatic heterocycles. The molecule has 2 N–H and O–H groups in total. The first-order valence-corrected chi connectivity index (χ1v) is 16.0. The van der Waals surface area contributed by atoms with Crippen LogP contribution in [0.3, 0.4) is 0 Å². The Labute approximate surface area is 276 Å². The van der Waals surface area contributed by atoms with Crippen LogP contribution in [0.5, 0.6) is 0 Å². The van der Waals surface area contributed by atoms with E-state index in [2.05, 4.69) is 22.2 Å². The summed E-state index contributed by atoms with van der Waals surface area (Å²) >= 11 is 0. The largest absolute Gasteiger partial charge is 0.453 e. The Morgan fingerprint density at radius 3 is 2.40 bits per heavy atom. The molecule has 9 heteroatoms. The Kier molecular flexibility index (Phi) is 11.9. The maximum atomic E-state index is 12.4. The van der Waals surface area contributed by atoms with Gasteiger partial charge < -0.3 is 29.5 Å². The molecule has 1 saturated heterocycles. The lowest BCUT2D eigenvalue weighted by atomic mass is 9.97. The molecule has 246 valence electrons. The number of esters is 1. The van der Waals surface area contributed by atoms with Gasteiger partial charge in [0.2, 0.25) is 0 Å². The average Bonchev–Trinajstić information content (AvgIpc) is 3.10. The molecule has 47 heavy (non-hydrogen) atoms. The van der Waals surface area contributed by atoms with Crippen LogP contribution in [0.15, 0.2) is 97.2 Å². The molecule has 0 radical (unpaired) electrons. The van der Waals surface area contributed by atoms with Crippen molar-refractivity contribution in [2.45, 2.75) is 64.4 Å². The molecule has 1 aliphatic rings. The normalized spacial score (nSPS) is 18.4. The number of hydrogen-bond acceptors (Lipinski definition) is 8. The number of pyridine rings is 1. The van der Waals surface area contributed by atoms with Crippen LogP contribution in [0.4, 0.5) is 0 Å². The van der Waals surface area contributed by atoms with Crippen LogP contribution in [0.2, 0.25) is 0 Å². The number of aliphatic hydroxyl groups excluding tert-OH is 1. The zero-order chi connectivity index (χ0) is 33.2. The summed E-state index contributed by atoms with van der Waals surface area (Å²) in [5.74, 6) is -0.849. The van der Waals surface area contributed by atoms with Crippen LogP contribution in [-0.2, 0) is 43.4 Å². The quantitative estimate of drug-likeness (QED) is 0.184. The van der Waals surface area contributed by atoms with Gasteiger partial charge in [-0.05, 0) is 53.9 Å². The van der Waals surface area contributed by atoms with Gasteiger partial charge in [-0.25, -0.2) is 0 Å². The minimum absolute atomic E-state index is 0.00349. The van der Waals surface area contributed by atoms with Gasteiger partial charge in [-0.3, -0.25) is 14.6 Å². The molecular weight excluding hydrogens is 594 g/mol. The molecule has 3 aromatic carbocycles. The van der Waals surface area contributed by atoms with E-state index in [0.29, 0.717) is 13.0 Å². The zero-order valence-electron chi connectivity index (χ0n) is 27.2. The molecule has 4 unspecified atom stereocenters. The fourth-order valence-corrected chi connectivity index (χ4v) is 5.73. The molecule has 2 heterocycles. The summed E-state index contributed by atoms with van der Waals surface area (Å²) in [6, 6.07) is 29.9. The summed E-state index contributed by atoms with van der Waals surface area (Å²) in [7, 11) is 2.10. The van der Waals surface area contributed by atoms with Gasteiger partial charge in [0.05, 0.1) is 18.8 Å². The van der Waals surface area contributed by atoms with Gasteiger partial charge in [-0.15, -0.1) is 0 Å². The van der Waals surface area contributed by atoms with E-state index >= 15 is 0 Å². The second-order valence-electron chi connectivity index (χ2n) is 11.9. The maximum Gasteiger partial charge on any atom is 0.303 e. The molecule has 0 spiro atoms. The van der Waals surface area contributed by atoms with Gasteiger partial charge in [-0.2, -0.15) is 0 Å². The summed E-state index contributed by atoms with van der Waals surface area (Å²) in [5.41, 5.74) is 6.79. The molecular formula is C38H43N3O6. The fraction of sp³-hybridized carbons (Fsp3) is 0.342. The highest BCUT2D eigenvalue weighted by Gasteiger charge is 2.33. The number of ether oxygens (including phenoxy) is 3. The zero-order valence-corrected chi connectivity index (χ0v) is 27.2. The van der Waals surface area contributed by atoms with E-state index in [1.54, 1.807) is 6.92 Å². The van der Waals surface area contributed by atoms with Crippen molar-refractivity contribution >= 4 is 11.9 Å². The minimum Gasteiger partial charge on any atom is -0.453 e. The van der Waals surface area contributed by atoms with Crippen molar-refractivity contribution in [2.75, 3.05) is 20.1 Å². The molecule has 4 atom stereocenters. The lowest BCUT2D eigenvalue weighted by Gasteiger charge is -2.38. The van der Waals surface area contributed by atoms with Crippen LogP contribution >= 0.6 is 0 Å². The smallest absolute Gasteiger partial charge is 0.303 e. The van der Waals surface area contributed by atoms with Gasteiger partial charge in [0, 0.05) is 56.9 Å². The predicted octanol–water partition coefficient (Wildman–Crippen LogP) is 5.53. The predicted molar refractivity (Wildman–Crippen MR) is 179 cm³/mol. The molecule has 5 rings (SSSR count). The number of carbonyl (C=O) groups is 2. The molecule has 4 aromatic rings. The van der Waals surface area contributed by atoms with E-state index in [0.717, 1.165) is 58.6 Å². The van der Waals surface area contributed by atoms with E-state index < -0.39 is 18.4 Å². The van der Waals surface area contributed by atoms with Crippen LogP contribution in [0.25, 0.3) is 11.1 Å². The lowest BCUT2D eigenvalue weighted by Crippen LogP contribution is -2.38. The number of hydrogen-bond donors (Lipinski definition) is 2.